The van der Waals surface area contributed by atoms with Crippen molar-refractivity contribution in [1.82, 2.24) is 4.90 Å². The molecule has 1 amide bonds. The minimum Gasteiger partial charge on any atom is -0.325 e. The Morgan fingerprint density at radius 2 is 1.90 bits per heavy atom. The maximum Gasteiger partial charge on any atom is 0.234 e. The molecule has 0 saturated carbocycles. The van der Waals surface area contributed by atoms with E-state index in [0.29, 0.717) is 5.69 Å². The highest BCUT2D eigenvalue weighted by molar-refractivity contribution is 8.16. The van der Waals surface area contributed by atoms with Gasteiger partial charge in [-0.15, -0.1) is 0 Å². The van der Waals surface area contributed by atoms with E-state index in [2.05, 4.69) is 17.3 Å². The summed E-state index contributed by atoms with van der Waals surface area (Å²) in [5, 5.41) is 3.54. The molecule has 150 valence electrons. The van der Waals surface area contributed by atoms with Crippen LogP contribution in [0.15, 0.2) is 64.6 Å². The lowest BCUT2D eigenvalue weighted by Crippen LogP contribution is -2.39. The highest BCUT2D eigenvalue weighted by atomic mass is 32.2. The topological polar surface area (TPSA) is 57.1 Å². The molecular weight excluding hydrogens is 387 g/mol. The fraction of sp³-hybridized carbons (Fsp3) is 0.318. The van der Waals surface area contributed by atoms with E-state index in [9.17, 15) is 9.18 Å². The van der Waals surface area contributed by atoms with Gasteiger partial charge < -0.3 is 10.2 Å². The SMILES string of the molecule is CN1CCC2(CC1)N=C(SCC(=O)Nc1cccc(F)c1)C(c1ccccc1)=N2. The van der Waals surface area contributed by atoms with Crippen molar-refractivity contribution in [2.45, 2.75) is 18.5 Å². The summed E-state index contributed by atoms with van der Waals surface area (Å²) in [7, 11) is 2.11. The van der Waals surface area contributed by atoms with Gasteiger partial charge in [0.1, 0.15) is 10.9 Å². The number of rotatable bonds is 4. The van der Waals surface area contributed by atoms with Gasteiger partial charge in [0.05, 0.1) is 11.5 Å². The zero-order valence-corrected chi connectivity index (χ0v) is 17.1. The lowest BCUT2D eigenvalue weighted by Gasteiger charge is -2.33. The van der Waals surface area contributed by atoms with Crippen LogP contribution in [-0.4, -0.2) is 53.1 Å². The van der Waals surface area contributed by atoms with Crippen LogP contribution in [0.5, 0.6) is 0 Å². The summed E-state index contributed by atoms with van der Waals surface area (Å²) in [6.45, 7) is 1.90. The Bertz CT molecular complexity index is 952. The molecule has 2 aliphatic heterocycles. The van der Waals surface area contributed by atoms with Crippen LogP contribution >= 0.6 is 11.8 Å². The van der Waals surface area contributed by atoms with E-state index in [0.717, 1.165) is 42.3 Å². The Hall–Kier alpha value is -2.51. The molecule has 1 spiro atoms. The fourth-order valence-electron chi connectivity index (χ4n) is 3.51. The van der Waals surface area contributed by atoms with Gasteiger partial charge in [-0.25, -0.2) is 9.38 Å². The van der Waals surface area contributed by atoms with E-state index in [4.69, 9.17) is 9.98 Å². The normalized spacial score (nSPS) is 18.4. The Morgan fingerprint density at radius 1 is 1.14 bits per heavy atom. The fourth-order valence-corrected chi connectivity index (χ4v) is 4.38. The number of benzene rings is 2. The highest BCUT2D eigenvalue weighted by Crippen LogP contribution is 2.35. The number of carbonyl (C=O) groups is 1. The first-order valence-electron chi connectivity index (χ1n) is 9.65. The van der Waals surface area contributed by atoms with Crippen LogP contribution in [0.4, 0.5) is 10.1 Å². The van der Waals surface area contributed by atoms with Crippen LogP contribution in [0.3, 0.4) is 0 Å². The molecule has 0 aromatic heterocycles. The van der Waals surface area contributed by atoms with Gasteiger partial charge in [0.25, 0.3) is 0 Å². The van der Waals surface area contributed by atoms with E-state index in [1.54, 1.807) is 12.1 Å². The molecule has 5 nitrogen and oxygen atoms in total. The maximum atomic E-state index is 13.3. The number of nitrogens with zero attached hydrogens (tertiary/aromatic N) is 3. The molecule has 2 heterocycles. The summed E-state index contributed by atoms with van der Waals surface area (Å²) in [5.74, 6) is -0.379. The summed E-state index contributed by atoms with van der Waals surface area (Å²) < 4.78 is 13.3. The predicted octanol–water partition coefficient (Wildman–Crippen LogP) is 3.82. The van der Waals surface area contributed by atoms with Crippen molar-refractivity contribution in [3.63, 3.8) is 0 Å². The first kappa shape index (κ1) is 19.8. The molecule has 4 rings (SSSR count). The molecule has 0 unspecified atom stereocenters. The largest absolute Gasteiger partial charge is 0.325 e. The number of piperidine rings is 1. The number of anilines is 1. The molecular formula is C22H23FN4OS. The van der Waals surface area contributed by atoms with Gasteiger partial charge in [-0.05, 0) is 25.2 Å². The predicted molar refractivity (Wildman–Crippen MR) is 117 cm³/mol. The molecule has 2 aromatic carbocycles. The molecule has 0 bridgehead atoms. The second kappa shape index (κ2) is 8.47. The molecule has 0 aliphatic carbocycles. The van der Waals surface area contributed by atoms with Crippen LogP contribution in [0.1, 0.15) is 18.4 Å². The zero-order valence-electron chi connectivity index (χ0n) is 16.3. The van der Waals surface area contributed by atoms with E-state index in [-0.39, 0.29) is 17.5 Å². The van der Waals surface area contributed by atoms with Gasteiger partial charge in [-0.3, -0.25) is 9.79 Å². The minimum atomic E-state index is -0.418. The second-order valence-corrected chi connectivity index (χ2v) is 8.34. The molecule has 0 atom stereocenters. The smallest absolute Gasteiger partial charge is 0.234 e. The summed E-state index contributed by atoms with van der Waals surface area (Å²) in [6.07, 6.45) is 1.75. The lowest BCUT2D eigenvalue weighted by molar-refractivity contribution is -0.113. The molecule has 1 N–H and O–H groups in total. The van der Waals surface area contributed by atoms with Gasteiger partial charge in [-0.2, -0.15) is 0 Å². The minimum absolute atomic E-state index is 0.192. The number of amides is 1. The second-order valence-electron chi connectivity index (χ2n) is 7.38. The van der Waals surface area contributed by atoms with E-state index < -0.39 is 5.66 Å². The van der Waals surface area contributed by atoms with Crippen molar-refractivity contribution in [2.24, 2.45) is 9.98 Å². The Balaban J connectivity index is 1.49. The Labute approximate surface area is 174 Å². The molecule has 2 aliphatic rings. The molecule has 7 heteroatoms. The van der Waals surface area contributed by atoms with Gasteiger partial charge in [0.2, 0.25) is 5.91 Å². The zero-order chi connectivity index (χ0) is 20.3. The monoisotopic (exact) mass is 410 g/mol. The first-order chi connectivity index (χ1) is 14.0. The van der Waals surface area contributed by atoms with Crippen molar-refractivity contribution >= 4 is 34.1 Å². The number of carbonyl (C=O) groups excluding carboxylic acids is 1. The number of hydrogen-bond donors (Lipinski definition) is 1. The van der Waals surface area contributed by atoms with Crippen molar-refractivity contribution in [3.8, 4) is 0 Å². The van der Waals surface area contributed by atoms with E-state index in [1.807, 2.05) is 30.3 Å². The van der Waals surface area contributed by atoms with Crippen molar-refractivity contribution < 1.29 is 9.18 Å². The van der Waals surface area contributed by atoms with Crippen LogP contribution in [0.25, 0.3) is 0 Å². The number of likely N-dealkylation sites (tertiary alicyclic amines) is 1. The van der Waals surface area contributed by atoms with Crippen LogP contribution in [0.2, 0.25) is 0 Å². The molecule has 1 saturated heterocycles. The Kier molecular flexibility index (Phi) is 5.78. The van der Waals surface area contributed by atoms with Crippen molar-refractivity contribution in [1.29, 1.82) is 0 Å². The average Bonchev–Trinajstić information content (AvgIpc) is 3.08. The number of thioether (sulfide) groups is 1. The maximum absolute atomic E-state index is 13.3. The number of halogens is 1. The summed E-state index contributed by atoms with van der Waals surface area (Å²) in [5.41, 5.74) is 1.91. The van der Waals surface area contributed by atoms with Gasteiger partial charge >= 0.3 is 0 Å². The quantitative estimate of drug-likeness (QED) is 0.834. The van der Waals surface area contributed by atoms with E-state index >= 15 is 0 Å². The number of nitrogens with one attached hydrogen (secondary N) is 1. The van der Waals surface area contributed by atoms with Crippen molar-refractivity contribution in [2.75, 3.05) is 31.2 Å². The third-order valence-electron chi connectivity index (χ3n) is 5.12. The summed E-state index contributed by atoms with van der Waals surface area (Å²) in [6, 6.07) is 15.9. The van der Waals surface area contributed by atoms with Crippen LogP contribution in [-0.2, 0) is 4.79 Å². The van der Waals surface area contributed by atoms with Gasteiger partial charge in [-0.1, -0.05) is 48.2 Å². The van der Waals surface area contributed by atoms with E-state index in [1.165, 1.54) is 23.9 Å². The molecule has 1 fully saturated rings. The third kappa shape index (κ3) is 4.74. The Morgan fingerprint density at radius 3 is 2.62 bits per heavy atom. The summed E-state index contributed by atoms with van der Waals surface area (Å²) in [4.78, 5) is 24.7. The number of aliphatic imine (C=N–C) groups is 2. The average molecular weight is 411 g/mol. The third-order valence-corrected chi connectivity index (χ3v) is 6.08. The van der Waals surface area contributed by atoms with Crippen LogP contribution < -0.4 is 5.32 Å². The lowest BCUT2D eigenvalue weighted by atomic mass is 9.99. The summed E-state index contributed by atoms with van der Waals surface area (Å²) >= 11 is 1.39. The molecule has 2 aromatic rings. The van der Waals surface area contributed by atoms with Gasteiger partial charge in [0, 0.05) is 37.2 Å². The van der Waals surface area contributed by atoms with Gasteiger partial charge in [0.15, 0.2) is 5.66 Å². The number of hydrogen-bond acceptors (Lipinski definition) is 5. The molecule has 0 radical (unpaired) electrons. The van der Waals surface area contributed by atoms with Crippen molar-refractivity contribution in [3.05, 3.63) is 66.0 Å². The molecule has 29 heavy (non-hydrogen) atoms. The van der Waals surface area contributed by atoms with Crippen LogP contribution in [0, 0.1) is 5.82 Å². The first-order valence-corrected chi connectivity index (χ1v) is 10.6. The highest BCUT2D eigenvalue weighted by Gasteiger charge is 2.39. The standard InChI is InChI=1S/C22H23FN4OS/c1-27-12-10-22(11-13-27)25-20(16-6-3-2-4-7-16)21(26-22)29-15-19(28)24-18-9-5-8-17(23)14-18/h2-9,14H,10-13,15H2,1H3,(H,24,28).